The van der Waals surface area contributed by atoms with Crippen LogP contribution >= 0.6 is 39.3 Å². The third-order valence-corrected chi connectivity index (χ3v) is 6.45. The largest absolute Gasteiger partial charge is 0.495 e. The fourth-order valence-corrected chi connectivity index (χ4v) is 4.12. The van der Waals surface area contributed by atoms with Gasteiger partial charge >= 0.3 is 5.97 Å². The second kappa shape index (κ2) is 10.6. The fraction of sp³-hybridized carbons (Fsp3) is 0.0870. The first kappa shape index (κ1) is 22.3. The monoisotopic (exact) mass is 503 g/mol. The van der Waals surface area contributed by atoms with Crippen LogP contribution in [0.4, 0.5) is 11.4 Å². The standard InChI is InChI=1S/C23H19BrClNO3S/c1-29-22-13-19(25)18(24)12-21(22)26-20-9-8-17(11-16(20)7-10-23(27)28)30-14-15-5-3-2-4-6-15/h2-13,26H,14H2,1H3,(H,27,28)/b10-7+. The lowest BCUT2D eigenvalue weighted by molar-refractivity contribution is -0.131. The third kappa shape index (κ3) is 6.05. The number of benzene rings is 3. The van der Waals surface area contributed by atoms with E-state index in [0.29, 0.717) is 16.5 Å². The number of halogens is 2. The number of ether oxygens (including phenoxy) is 1. The lowest BCUT2D eigenvalue weighted by Crippen LogP contribution is -1.98. The van der Waals surface area contributed by atoms with Crippen LogP contribution in [0.2, 0.25) is 5.02 Å². The van der Waals surface area contributed by atoms with E-state index in [9.17, 15) is 4.79 Å². The van der Waals surface area contributed by atoms with E-state index in [2.05, 4.69) is 33.4 Å². The lowest BCUT2D eigenvalue weighted by Gasteiger charge is -2.15. The second-order valence-electron chi connectivity index (χ2n) is 6.29. The molecule has 3 aromatic rings. The summed E-state index contributed by atoms with van der Waals surface area (Å²) in [4.78, 5) is 12.1. The summed E-state index contributed by atoms with van der Waals surface area (Å²) in [6.45, 7) is 0. The number of rotatable bonds is 8. The second-order valence-corrected chi connectivity index (χ2v) is 8.60. The number of hydrogen-bond donors (Lipinski definition) is 2. The summed E-state index contributed by atoms with van der Waals surface area (Å²) in [5.41, 5.74) is 3.44. The van der Waals surface area contributed by atoms with Gasteiger partial charge in [0.15, 0.2) is 0 Å². The van der Waals surface area contributed by atoms with E-state index < -0.39 is 5.97 Å². The van der Waals surface area contributed by atoms with Crippen molar-refractivity contribution in [2.24, 2.45) is 0 Å². The first-order chi connectivity index (χ1) is 14.5. The Bertz CT molecular complexity index is 1070. The van der Waals surface area contributed by atoms with Crippen molar-refractivity contribution in [1.82, 2.24) is 0 Å². The first-order valence-electron chi connectivity index (χ1n) is 8.98. The summed E-state index contributed by atoms with van der Waals surface area (Å²) in [6.07, 6.45) is 2.70. The number of carboxylic acids is 1. The van der Waals surface area contributed by atoms with E-state index in [1.807, 2.05) is 42.5 Å². The Morgan fingerprint density at radius 1 is 1.17 bits per heavy atom. The third-order valence-electron chi connectivity index (χ3n) is 4.19. The predicted octanol–water partition coefficient (Wildman–Crippen LogP) is 7.24. The quantitative estimate of drug-likeness (QED) is 0.250. The van der Waals surface area contributed by atoms with Gasteiger partial charge in [-0.1, -0.05) is 41.9 Å². The molecule has 154 valence electrons. The highest BCUT2D eigenvalue weighted by atomic mass is 79.9. The van der Waals surface area contributed by atoms with Crippen LogP contribution < -0.4 is 10.1 Å². The molecule has 3 rings (SSSR count). The zero-order valence-electron chi connectivity index (χ0n) is 16.1. The number of carboxylic acid groups (broad SMARTS) is 1. The van der Waals surface area contributed by atoms with Crippen molar-refractivity contribution in [3.05, 3.63) is 87.4 Å². The minimum absolute atomic E-state index is 0.538. The van der Waals surface area contributed by atoms with Crippen molar-refractivity contribution >= 4 is 62.7 Å². The van der Waals surface area contributed by atoms with Crippen LogP contribution in [0.1, 0.15) is 11.1 Å². The van der Waals surface area contributed by atoms with E-state index in [0.717, 1.165) is 32.4 Å². The van der Waals surface area contributed by atoms with Crippen molar-refractivity contribution in [2.45, 2.75) is 10.6 Å². The summed E-state index contributed by atoms with van der Waals surface area (Å²) in [7, 11) is 1.57. The number of thioether (sulfide) groups is 1. The number of anilines is 2. The molecule has 0 bridgehead atoms. The van der Waals surface area contributed by atoms with Crippen LogP contribution in [0.3, 0.4) is 0 Å². The van der Waals surface area contributed by atoms with E-state index in [-0.39, 0.29) is 0 Å². The Hall–Kier alpha value is -2.41. The maximum atomic E-state index is 11.1. The highest BCUT2D eigenvalue weighted by Gasteiger charge is 2.11. The van der Waals surface area contributed by atoms with Crippen molar-refractivity contribution < 1.29 is 14.6 Å². The van der Waals surface area contributed by atoms with Crippen LogP contribution in [0.5, 0.6) is 5.75 Å². The lowest BCUT2D eigenvalue weighted by atomic mass is 10.1. The maximum absolute atomic E-state index is 11.1. The summed E-state index contributed by atoms with van der Waals surface area (Å²) in [5.74, 6) is 0.405. The topological polar surface area (TPSA) is 58.6 Å². The van der Waals surface area contributed by atoms with Gasteiger partial charge in [-0.25, -0.2) is 4.79 Å². The van der Waals surface area contributed by atoms with Crippen LogP contribution in [0, 0.1) is 0 Å². The molecule has 0 aliphatic rings. The minimum Gasteiger partial charge on any atom is -0.495 e. The number of hydrogen-bond acceptors (Lipinski definition) is 4. The molecular formula is C23H19BrClNO3S. The van der Waals surface area contributed by atoms with Crippen molar-refractivity contribution in [2.75, 3.05) is 12.4 Å². The van der Waals surface area contributed by atoms with Crippen LogP contribution in [-0.4, -0.2) is 18.2 Å². The molecule has 0 aromatic heterocycles. The normalized spacial score (nSPS) is 10.9. The molecular weight excluding hydrogens is 486 g/mol. The van der Waals surface area contributed by atoms with Gasteiger partial charge < -0.3 is 15.2 Å². The zero-order chi connectivity index (χ0) is 21.5. The van der Waals surface area contributed by atoms with E-state index in [1.54, 1.807) is 31.0 Å². The smallest absolute Gasteiger partial charge is 0.328 e. The Morgan fingerprint density at radius 3 is 2.63 bits per heavy atom. The van der Waals surface area contributed by atoms with Crippen molar-refractivity contribution in [3.8, 4) is 5.75 Å². The molecule has 0 radical (unpaired) electrons. The van der Waals surface area contributed by atoms with E-state index >= 15 is 0 Å². The SMILES string of the molecule is COc1cc(Cl)c(Br)cc1Nc1ccc(SCc2ccccc2)cc1/C=C/C(=O)O. The Kier molecular flexibility index (Phi) is 7.85. The van der Waals surface area contributed by atoms with Gasteiger partial charge in [-0.3, -0.25) is 0 Å². The maximum Gasteiger partial charge on any atom is 0.328 e. The van der Waals surface area contributed by atoms with E-state index in [4.69, 9.17) is 21.4 Å². The number of methoxy groups -OCH3 is 1. The van der Waals surface area contributed by atoms with Gasteiger partial charge in [-0.15, -0.1) is 11.8 Å². The number of nitrogens with one attached hydrogen (secondary N) is 1. The molecule has 0 unspecified atom stereocenters. The number of carbonyl (C=O) groups is 1. The van der Waals surface area contributed by atoms with Crippen molar-refractivity contribution in [1.29, 1.82) is 0 Å². The molecule has 4 nitrogen and oxygen atoms in total. The minimum atomic E-state index is -1.00. The molecule has 7 heteroatoms. The average molecular weight is 505 g/mol. The van der Waals surface area contributed by atoms with Crippen LogP contribution in [-0.2, 0) is 10.5 Å². The molecule has 0 aliphatic heterocycles. The van der Waals surface area contributed by atoms with Gasteiger partial charge in [-0.2, -0.15) is 0 Å². The average Bonchev–Trinajstić information content (AvgIpc) is 2.75. The zero-order valence-corrected chi connectivity index (χ0v) is 19.2. The summed E-state index contributed by atoms with van der Waals surface area (Å²) >= 11 is 11.3. The molecule has 0 spiro atoms. The molecule has 0 amide bonds. The van der Waals surface area contributed by atoms with Crippen molar-refractivity contribution in [3.63, 3.8) is 0 Å². The van der Waals surface area contributed by atoms with Gasteiger partial charge in [0, 0.05) is 33.0 Å². The fourth-order valence-electron chi connectivity index (χ4n) is 2.72. The molecule has 0 fully saturated rings. The van der Waals surface area contributed by atoms with Crippen LogP contribution in [0.25, 0.3) is 6.08 Å². The molecule has 0 aliphatic carbocycles. The predicted molar refractivity (Wildman–Crippen MR) is 128 cm³/mol. The van der Waals surface area contributed by atoms with Gasteiger partial charge in [0.2, 0.25) is 0 Å². The molecule has 0 saturated carbocycles. The summed E-state index contributed by atoms with van der Waals surface area (Å²) in [5, 5.41) is 12.9. The van der Waals surface area contributed by atoms with Gasteiger partial charge in [0.05, 0.1) is 17.8 Å². The summed E-state index contributed by atoms with van der Waals surface area (Å²) in [6, 6.07) is 19.6. The highest BCUT2D eigenvalue weighted by Crippen LogP contribution is 2.37. The van der Waals surface area contributed by atoms with E-state index in [1.165, 1.54) is 5.56 Å². The van der Waals surface area contributed by atoms with Gasteiger partial charge in [-0.05, 0) is 57.4 Å². The van der Waals surface area contributed by atoms with Gasteiger partial charge in [0.25, 0.3) is 0 Å². The van der Waals surface area contributed by atoms with Crippen LogP contribution in [0.15, 0.2) is 76.1 Å². The molecule has 30 heavy (non-hydrogen) atoms. The molecule has 0 atom stereocenters. The Balaban J connectivity index is 1.90. The first-order valence-corrected chi connectivity index (χ1v) is 11.1. The Morgan fingerprint density at radius 2 is 1.93 bits per heavy atom. The highest BCUT2D eigenvalue weighted by molar-refractivity contribution is 9.10. The number of aliphatic carboxylic acids is 1. The summed E-state index contributed by atoms with van der Waals surface area (Å²) < 4.78 is 6.15. The molecule has 0 heterocycles. The molecule has 3 aromatic carbocycles. The Labute approximate surface area is 193 Å². The molecule has 2 N–H and O–H groups in total. The molecule has 0 saturated heterocycles. The van der Waals surface area contributed by atoms with Gasteiger partial charge in [0.1, 0.15) is 5.75 Å².